The molecule has 1 aliphatic rings. The van der Waals surface area contributed by atoms with Gasteiger partial charge in [0.2, 0.25) is 5.91 Å². The summed E-state index contributed by atoms with van der Waals surface area (Å²) in [6, 6.07) is 10.3. The first-order chi connectivity index (χ1) is 12.3. The summed E-state index contributed by atoms with van der Waals surface area (Å²) in [5.74, 6) is 2.39. The minimum Gasteiger partial charge on any atom is -0.388 e. The Hall–Kier alpha value is -1.90. The molecule has 0 aliphatic carbocycles. The number of rotatable bonds is 7. The zero-order valence-corrected chi connectivity index (χ0v) is 14.7. The summed E-state index contributed by atoms with van der Waals surface area (Å²) in [4.78, 5) is 18.4. The van der Waals surface area contributed by atoms with Gasteiger partial charge in [-0.05, 0) is 17.7 Å². The Bertz CT molecular complexity index is 680. The predicted octanol–water partition coefficient (Wildman–Crippen LogP) is 1.17. The molecule has 1 amide bonds. The van der Waals surface area contributed by atoms with Gasteiger partial charge in [0.1, 0.15) is 18.5 Å². The van der Waals surface area contributed by atoms with Crippen LogP contribution in [0.4, 0.5) is 0 Å². The van der Waals surface area contributed by atoms with Gasteiger partial charge in [0.05, 0.1) is 18.9 Å². The molecule has 1 unspecified atom stereocenters. The number of nitrogens with zero attached hydrogens (tertiary/aromatic N) is 3. The van der Waals surface area contributed by atoms with Crippen LogP contribution < -0.4 is 0 Å². The van der Waals surface area contributed by atoms with Crippen LogP contribution in [0.5, 0.6) is 0 Å². The van der Waals surface area contributed by atoms with Crippen molar-refractivity contribution in [2.24, 2.45) is 0 Å². The average molecular weight is 362 g/mol. The van der Waals surface area contributed by atoms with Crippen molar-refractivity contribution in [3.8, 4) is 0 Å². The van der Waals surface area contributed by atoms with E-state index in [2.05, 4.69) is 27.3 Å². The van der Waals surface area contributed by atoms with Gasteiger partial charge in [-0.2, -0.15) is 16.9 Å². The van der Waals surface area contributed by atoms with Crippen LogP contribution in [0.2, 0.25) is 0 Å². The maximum Gasteiger partial charge on any atom is 0.232 e. The molecule has 25 heavy (non-hydrogen) atoms. The maximum atomic E-state index is 12.4. The van der Waals surface area contributed by atoms with E-state index in [0.717, 1.165) is 12.2 Å². The molecular weight excluding hydrogens is 340 g/mol. The number of carbonyl (C=O) groups is 1. The normalized spacial score (nSPS) is 17.6. The first-order valence-corrected chi connectivity index (χ1v) is 9.45. The highest BCUT2D eigenvalue weighted by Gasteiger charge is 2.27. The van der Waals surface area contributed by atoms with Crippen LogP contribution in [-0.2, 0) is 22.6 Å². The molecule has 2 heterocycles. The van der Waals surface area contributed by atoms with Crippen LogP contribution >= 0.6 is 11.8 Å². The molecule has 0 spiro atoms. The number of nitrogens with one attached hydrogen (secondary N) is 1. The number of aryl methyl sites for hydroxylation is 1. The fourth-order valence-electron chi connectivity index (χ4n) is 2.64. The highest BCUT2D eigenvalue weighted by Crippen LogP contribution is 2.20. The summed E-state index contributed by atoms with van der Waals surface area (Å²) >= 11 is 1.65. The first kappa shape index (κ1) is 17.9. The lowest BCUT2D eigenvalue weighted by Crippen LogP contribution is -2.43. The van der Waals surface area contributed by atoms with E-state index in [4.69, 9.17) is 9.84 Å². The van der Waals surface area contributed by atoms with Crippen molar-refractivity contribution in [3.63, 3.8) is 0 Å². The van der Waals surface area contributed by atoms with Gasteiger partial charge >= 0.3 is 0 Å². The van der Waals surface area contributed by atoms with Gasteiger partial charge in [-0.3, -0.25) is 9.89 Å². The van der Waals surface area contributed by atoms with Gasteiger partial charge in [-0.15, -0.1) is 0 Å². The summed E-state index contributed by atoms with van der Waals surface area (Å²) < 4.78 is 5.66. The standard InChI is InChI=1S/C17H22N4O3S/c22-11-15-18-17(20-19-15)14-10-21(7-8-24-14)16(23)12-25-9-6-13-4-2-1-3-5-13/h1-5,14,22H,6-12H2,(H,18,19,20). The van der Waals surface area contributed by atoms with Crippen molar-refractivity contribution in [1.29, 1.82) is 0 Å². The Morgan fingerprint density at radius 2 is 2.24 bits per heavy atom. The largest absolute Gasteiger partial charge is 0.388 e. The van der Waals surface area contributed by atoms with Crippen LogP contribution in [-0.4, -0.2) is 62.3 Å². The molecule has 1 atom stereocenters. The second-order valence-electron chi connectivity index (χ2n) is 5.79. The number of aliphatic hydroxyl groups is 1. The van der Waals surface area contributed by atoms with Gasteiger partial charge in [-0.25, -0.2) is 4.98 Å². The summed E-state index contributed by atoms with van der Waals surface area (Å²) in [5.41, 5.74) is 1.29. The molecular formula is C17H22N4O3S. The van der Waals surface area contributed by atoms with Crippen molar-refractivity contribution >= 4 is 17.7 Å². The fraction of sp³-hybridized carbons (Fsp3) is 0.471. The minimum absolute atomic E-state index is 0.115. The highest BCUT2D eigenvalue weighted by atomic mass is 32.2. The Balaban J connectivity index is 1.43. The quantitative estimate of drug-likeness (QED) is 0.719. The molecule has 2 aromatic rings. The highest BCUT2D eigenvalue weighted by molar-refractivity contribution is 7.99. The van der Waals surface area contributed by atoms with Crippen molar-refractivity contribution in [2.45, 2.75) is 19.1 Å². The van der Waals surface area contributed by atoms with E-state index >= 15 is 0 Å². The summed E-state index contributed by atoms with van der Waals surface area (Å²) in [7, 11) is 0. The molecule has 0 bridgehead atoms. The molecule has 1 fully saturated rings. The molecule has 1 aliphatic heterocycles. The molecule has 1 aromatic carbocycles. The van der Waals surface area contributed by atoms with Crippen LogP contribution in [0, 0.1) is 0 Å². The Kier molecular flexibility index (Phi) is 6.43. The van der Waals surface area contributed by atoms with Crippen LogP contribution in [0.15, 0.2) is 30.3 Å². The lowest BCUT2D eigenvalue weighted by Gasteiger charge is -2.31. The number of aromatic nitrogens is 3. The summed E-state index contributed by atoms with van der Waals surface area (Å²) in [6.07, 6.45) is 0.620. The summed E-state index contributed by atoms with van der Waals surface area (Å²) in [5, 5.41) is 15.8. The number of morpholine rings is 1. The number of ether oxygens (including phenoxy) is 1. The van der Waals surface area contributed by atoms with Crippen LogP contribution in [0.3, 0.4) is 0 Å². The van der Waals surface area contributed by atoms with Gasteiger partial charge in [0.25, 0.3) is 0 Å². The van der Waals surface area contributed by atoms with Crippen molar-refractivity contribution in [2.75, 3.05) is 31.2 Å². The van der Waals surface area contributed by atoms with E-state index in [-0.39, 0.29) is 18.6 Å². The van der Waals surface area contributed by atoms with E-state index in [9.17, 15) is 4.79 Å². The summed E-state index contributed by atoms with van der Waals surface area (Å²) in [6.45, 7) is 1.31. The third kappa shape index (κ3) is 5.04. The minimum atomic E-state index is -0.344. The molecule has 7 nitrogen and oxygen atoms in total. The van der Waals surface area contributed by atoms with Crippen molar-refractivity contribution in [3.05, 3.63) is 47.5 Å². The lowest BCUT2D eigenvalue weighted by atomic mass is 10.2. The van der Waals surface area contributed by atoms with E-state index in [1.165, 1.54) is 5.56 Å². The third-order valence-electron chi connectivity index (χ3n) is 4.01. The Morgan fingerprint density at radius 3 is 3.00 bits per heavy atom. The lowest BCUT2D eigenvalue weighted by molar-refractivity contribution is -0.136. The van der Waals surface area contributed by atoms with Gasteiger partial charge in [0, 0.05) is 6.54 Å². The number of aromatic amines is 1. The zero-order valence-electron chi connectivity index (χ0n) is 13.9. The van der Waals surface area contributed by atoms with E-state index in [0.29, 0.717) is 37.1 Å². The number of thioether (sulfide) groups is 1. The number of H-pyrrole nitrogens is 1. The van der Waals surface area contributed by atoms with Gasteiger partial charge < -0.3 is 14.7 Å². The van der Waals surface area contributed by atoms with Gasteiger partial charge in [-0.1, -0.05) is 30.3 Å². The van der Waals surface area contributed by atoms with Crippen LogP contribution in [0.25, 0.3) is 0 Å². The van der Waals surface area contributed by atoms with E-state index in [1.807, 2.05) is 18.2 Å². The number of carbonyl (C=O) groups excluding carboxylic acids is 1. The predicted molar refractivity (Wildman–Crippen MR) is 95.0 cm³/mol. The molecule has 8 heteroatoms. The van der Waals surface area contributed by atoms with Gasteiger partial charge in [0.15, 0.2) is 5.82 Å². The second-order valence-corrected chi connectivity index (χ2v) is 6.89. The Labute approximate surface area is 150 Å². The smallest absolute Gasteiger partial charge is 0.232 e. The SMILES string of the molecule is O=C(CSCCc1ccccc1)N1CCOC(c2n[nH]c(CO)n2)C1. The molecule has 0 saturated carbocycles. The number of hydrogen-bond acceptors (Lipinski definition) is 6. The van der Waals surface area contributed by atoms with E-state index < -0.39 is 0 Å². The molecule has 3 rings (SSSR count). The van der Waals surface area contributed by atoms with Crippen LogP contribution in [0.1, 0.15) is 23.3 Å². The number of hydrogen-bond donors (Lipinski definition) is 2. The van der Waals surface area contributed by atoms with Crippen molar-refractivity contribution < 1.29 is 14.6 Å². The first-order valence-electron chi connectivity index (χ1n) is 8.29. The zero-order chi connectivity index (χ0) is 17.5. The molecule has 134 valence electrons. The number of benzene rings is 1. The second kappa shape index (κ2) is 8.98. The number of aliphatic hydroxyl groups excluding tert-OH is 1. The maximum absolute atomic E-state index is 12.4. The monoisotopic (exact) mass is 362 g/mol. The molecule has 0 radical (unpaired) electrons. The molecule has 1 aromatic heterocycles. The molecule has 1 saturated heterocycles. The van der Waals surface area contributed by atoms with Crippen molar-refractivity contribution in [1.82, 2.24) is 20.1 Å². The van der Waals surface area contributed by atoms with E-state index in [1.54, 1.807) is 16.7 Å². The topological polar surface area (TPSA) is 91.3 Å². The Morgan fingerprint density at radius 1 is 1.40 bits per heavy atom. The fourth-order valence-corrected chi connectivity index (χ4v) is 3.52. The number of amides is 1. The third-order valence-corrected chi connectivity index (χ3v) is 4.95. The average Bonchev–Trinajstić information content (AvgIpc) is 3.15. The molecule has 2 N–H and O–H groups in total.